The van der Waals surface area contributed by atoms with Gasteiger partial charge >= 0.3 is 0 Å². The third-order valence-electron chi connectivity index (χ3n) is 8.05. The van der Waals surface area contributed by atoms with Gasteiger partial charge in [0, 0.05) is 57.2 Å². The second kappa shape index (κ2) is 11.7. The van der Waals surface area contributed by atoms with Gasteiger partial charge in [0.2, 0.25) is 0 Å². The fourth-order valence-corrected chi connectivity index (χ4v) is 5.77. The zero-order valence-electron chi connectivity index (χ0n) is 23.7. The van der Waals surface area contributed by atoms with E-state index in [1.165, 1.54) is 18.2 Å². The molecule has 0 radical (unpaired) electrons. The molecule has 1 N–H and O–H groups in total. The Hall–Kier alpha value is -3.82. The lowest BCUT2D eigenvalue weighted by Gasteiger charge is -2.35. The number of fused-ring (bicyclic) bond motifs is 5. The average Bonchev–Trinajstić information content (AvgIpc) is 3.55. The number of likely N-dealkylation sites (N-methyl/N-ethyl adjacent to an activating group) is 1. The van der Waals surface area contributed by atoms with Crippen molar-refractivity contribution in [2.24, 2.45) is 5.92 Å². The molecule has 2 saturated heterocycles. The van der Waals surface area contributed by atoms with E-state index in [1.807, 2.05) is 24.7 Å². The summed E-state index contributed by atoms with van der Waals surface area (Å²) in [6.07, 6.45) is 5.75. The largest absolute Gasteiger partial charge is 0.483 e. The number of nitrogens with zero attached hydrogens (tertiary/aromatic N) is 5. The maximum absolute atomic E-state index is 14.3. The molecular weight excluding hydrogens is 511 g/mol. The molecule has 5 rings (SSSR count). The first-order valence-corrected chi connectivity index (χ1v) is 14.1. The highest BCUT2D eigenvalue weighted by Gasteiger charge is 2.33. The maximum Gasteiger partial charge on any atom is 0.258 e. The number of rotatable bonds is 2. The quantitative estimate of drug-likeness (QED) is 0.613. The van der Waals surface area contributed by atoms with Crippen LogP contribution >= 0.6 is 0 Å². The second-order valence-electron chi connectivity index (χ2n) is 11.2. The normalized spacial score (nSPS) is 23.5. The van der Waals surface area contributed by atoms with Crippen molar-refractivity contribution < 1.29 is 18.7 Å². The Bertz CT molecular complexity index is 1320. The van der Waals surface area contributed by atoms with Gasteiger partial charge in [0.05, 0.1) is 17.3 Å². The molecule has 3 aliphatic rings. The molecule has 214 valence electrons. The van der Waals surface area contributed by atoms with Gasteiger partial charge in [0.15, 0.2) is 6.61 Å². The maximum atomic E-state index is 14.3. The summed E-state index contributed by atoms with van der Waals surface area (Å²) in [5.74, 6) is 0.465. The number of aryl methyl sites for hydroxylation is 1. The number of benzene rings is 1. The van der Waals surface area contributed by atoms with Gasteiger partial charge in [-0.2, -0.15) is 5.10 Å². The molecule has 3 aliphatic heterocycles. The smallest absolute Gasteiger partial charge is 0.258 e. The monoisotopic (exact) mass is 550 g/mol. The lowest BCUT2D eigenvalue weighted by Crippen LogP contribution is -2.39. The van der Waals surface area contributed by atoms with E-state index in [9.17, 15) is 14.0 Å². The van der Waals surface area contributed by atoms with Crippen LogP contribution in [0.15, 0.2) is 42.6 Å². The summed E-state index contributed by atoms with van der Waals surface area (Å²) < 4.78 is 21.9. The van der Waals surface area contributed by atoms with Gasteiger partial charge in [0.1, 0.15) is 17.4 Å². The van der Waals surface area contributed by atoms with Crippen LogP contribution in [-0.4, -0.2) is 82.7 Å². The molecule has 2 bridgehead atoms. The molecule has 2 amide bonds. The van der Waals surface area contributed by atoms with Crippen molar-refractivity contribution in [1.82, 2.24) is 29.8 Å². The SMILES string of the molecule is C=C(/C=C1/N(C)CCNC(=O)COc2ccc(F)cc2C(=O)N2CCCCC2c2cc(C)n1n2)N1CC[C@H](C)C1. The number of likely N-dealkylation sites (tertiary alicyclic amines) is 1. The third kappa shape index (κ3) is 5.85. The molecule has 40 heavy (non-hydrogen) atoms. The first-order chi connectivity index (χ1) is 19.2. The van der Waals surface area contributed by atoms with E-state index in [-0.39, 0.29) is 35.8 Å². The average molecular weight is 551 g/mol. The van der Waals surface area contributed by atoms with Crippen molar-refractivity contribution in [3.05, 3.63) is 65.4 Å². The Kier molecular flexibility index (Phi) is 8.14. The fraction of sp³-hybridized carbons (Fsp3) is 0.500. The predicted molar refractivity (Wildman–Crippen MR) is 151 cm³/mol. The minimum Gasteiger partial charge on any atom is -0.483 e. The van der Waals surface area contributed by atoms with Crippen LogP contribution in [0.4, 0.5) is 4.39 Å². The Labute approximate surface area is 235 Å². The number of carbonyl (C=O) groups excluding carboxylic acids is 2. The van der Waals surface area contributed by atoms with Gasteiger partial charge in [-0.1, -0.05) is 13.5 Å². The summed E-state index contributed by atoms with van der Waals surface area (Å²) in [7, 11) is 1.97. The summed E-state index contributed by atoms with van der Waals surface area (Å²) in [4.78, 5) is 32.6. The molecular formula is C30H39FN6O3. The van der Waals surface area contributed by atoms with Gasteiger partial charge in [-0.05, 0) is 62.8 Å². The Morgan fingerprint density at radius 3 is 2.77 bits per heavy atom. The van der Waals surface area contributed by atoms with E-state index in [2.05, 4.69) is 34.7 Å². The summed E-state index contributed by atoms with van der Waals surface area (Å²) in [6.45, 7) is 11.7. The summed E-state index contributed by atoms with van der Waals surface area (Å²) in [5.41, 5.74) is 2.75. The van der Waals surface area contributed by atoms with E-state index in [0.29, 0.717) is 25.6 Å². The molecule has 2 atom stereocenters. The van der Waals surface area contributed by atoms with Crippen LogP contribution < -0.4 is 10.1 Å². The van der Waals surface area contributed by atoms with Crippen molar-refractivity contribution >= 4 is 17.6 Å². The minimum absolute atomic E-state index is 0.111. The summed E-state index contributed by atoms with van der Waals surface area (Å²) in [5, 5.41) is 7.91. The Balaban J connectivity index is 1.56. The van der Waals surface area contributed by atoms with E-state index < -0.39 is 5.82 Å². The van der Waals surface area contributed by atoms with Gasteiger partial charge in [-0.15, -0.1) is 0 Å². The predicted octanol–water partition coefficient (Wildman–Crippen LogP) is 3.79. The standard InChI is InChI=1S/C30H39FN6O3/c1-20-10-13-35(18-20)21(2)16-29-34(4)14-11-32-28(38)19-40-27-9-8-23(31)17-24(27)30(39)36-12-6-5-7-26(36)25-15-22(3)37(29)33-25/h8-9,15-17,20,26H,2,5-7,10-14,18-19H2,1,3-4H3,(H,32,38)/b29-16-/t20-,26?/m0/s1. The number of halogens is 1. The summed E-state index contributed by atoms with van der Waals surface area (Å²) in [6, 6.07) is 5.61. The van der Waals surface area contributed by atoms with Crippen LogP contribution in [0.2, 0.25) is 0 Å². The first-order valence-electron chi connectivity index (χ1n) is 14.1. The molecule has 0 spiro atoms. The minimum atomic E-state index is -0.534. The molecule has 9 nitrogen and oxygen atoms in total. The highest BCUT2D eigenvalue weighted by Crippen LogP contribution is 2.34. The number of nitrogens with one attached hydrogen (secondary N) is 1. The lowest BCUT2D eigenvalue weighted by molar-refractivity contribution is -0.123. The first kappa shape index (κ1) is 27.7. The third-order valence-corrected chi connectivity index (χ3v) is 8.05. The number of carbonyl (C=O) groups is 2. The zero-order chi connectivity index (χ0) is 28.4. The highest BCUT2D eigenvalue weighted by molar-refractivity contribution is 5.97. The van der Waals surface area contributed by atoms with Crippen molar-refractivity contribution in [1.29, 1.82) is 0 Å². The molecule has 10 heteroatoms. The van der Waals surface area contributed by atoms with Gasteiger partial charge in [-0.3, -0.25) is 9.59 Å². The van der Waals surface area contributed by atoms with E-state index in [4.69, 9.17) is 9.84 Å². The van der Waals surface area contributed by atoms with Crippen LogP contribution in [-0.2, 0) is 4.79 Å². The van der Waals surface area contributed by atoms with E-state index >= 15 is 0 Å². The van der Waals surface area contributed by atoms with Crippen LogP contribution in [0.3, 0.4) is 0 Å². The molecule has 4 heterocycles. The van der Waals surface area contributed by atoms with Crippen molar-refractivity contribution in [2.45, 2.75) is 45.6 Å². The van der Waals surface area contributed by atoms with E-state index in [0.717, 1.165) is 61.7 Å². The van der Waals surface area contributed by atoms with Gasteiger partial charge < -0.3 is 24.8 Å². The number of aromatic nitrogens is 2. The zero-order valence-corrected chi connectivity index (χ0v) is 23.7. The van der Waals surface area contributed by atoms with Crippen molar-refractivity contribution in [2.75, 3.05) is 46.4 Å². The molecule has 0 saturated carbocycles. The van der Waals surface area contributed by atoms with Crippen LogP contribution in [0.25, 0.3) is 5.82 Å². The van der Waals surface area contributed by atoms with Gasteiger partial charge in [-0.25, -0.2) is 9.07 Å². The van der Waals surface area contributed by atoms with Crippen molar-refractivity contribution in [3.8, 4) is 5.75 Å². The molecule has 2 fully saturated rings. The highest BCUT2D eigenvalue weighted by atomic mass is 19.1. The number of hydrogen-bond donors (Lipinski definition) is 1. The van der Waals surface area contributed by atoms with Crippen LogP contribution in [0, 0.1) is 18.7 Å². The Morgan fingerprint density at radius 2 is 2.00 bits per heavy atom. The van der Waals surface area contributed by atoms with E-state index in [1.54, 1.807) is 4.90 Å². The van der Waals surface area contributed by atoms with Crippen LogP contribution in [0.1, 0.15) is 60.4 Å². The van der Waals surface area contributed by atoms with Crippen LogP contribution in [0.5, 0.6) is 5.75 Å². The molecule has 1 aromatic heterocycles. The summed E-state index contributed by atoms with van der Waals surface area (Å²) >= 11 is 0. The molecule has 2 aromatic rings. The lowest BCUT2D eigenvalue weighted by atomic mass is 9.97. The second-order valence-corrected chi connectivity index (χ2v) is 11.2. The molecule has 1 aromatic carbocycles. The van der Waals surface area contributed by atoms with Crippen molar-refractivity contribution in [3.63, 3.8) is 0 Å². The number of allylic oxidation sites excluding steroid dienone is 1. The number of ether oxygens (including phenoxy) is 1. The number of piperidine rings is 1. The topological polar surface area (TPSA) is 82.9 Å². The molecule has 1 unspecified atom stereocenters. The Morgan fingerprint density at radius 1 is 1.18 bits per heavy atom. The fourth-order valence-electron chi connectivity index (χ4n) is 5.77. The number of amides is 2. The van der Waals surface area contributed by atoms with Gasteiger partial charge in [0.25, 0.3) is 11.8 Å². The number of hydrogen-bond acceptors (Lipinski definition) is 6. The molecule has 0 aliphatic carbocycles.